The van der Waals surface area contributed by atoms with Gasteiger partial charge >= 0.3 is 0 Å². The van der Waals surface area contributed by atoms with Crippen molar-refractivity contribution in [2.45, 2.75) is 19.0 Å². The van der Waals surface area contributed by atoms with Crippen LogP contribution in [0.4, 0.5) is 0 Å². The Kier molecular flexibility index (Phi) is 5.12. The fraction of sp³-hybridized carbons (Fsp3) is 0.273. The van der Waals surface area contributed by atoms with Crippen molar-refractivity contribution < 1.29 is 9.53 Å². The van der Waals surface area contributed by atoms with Gasteiger partial charge in [-0.05, 0) is 24.1 Å². The second-order valence-electron chi connectivity index (χ2n) is 7.11. The Bertz CT molecular complexity index is 968. The van der Waals surface area contributed by atoms with Gasteiger partial charge in [0.1, 0.15) is 11.4 Å². The Morgan fingerprint density at radius 2 is 2.04 bits per heavy atom. The minimum atomic E-state index is -0.0231. The molecular formula is C22H24N4O2. The number of carbonyl (C=O) groups is 1. The third kappa shape index (κ3) is 3.77. The maximum atomic E-state index is 13.2. The number of methoxy groups -OCH3 is 1. The molecule has 1 aliphatic rings. The first-order valence-electron chi connectivity index (χ1n) is 9.44. The van der Waals surface area contributed by atoms with Gasteiger partial charge in [-0.1, -0.05) is 42.5 Å². The molecule has 2 heterocycles. The maximum absolute atomic E-state index is 13.2. The number of ether oxygens (including phenoxy) is 1. The van der Waals surface area contributed by atoms with Crippen molar-refractivity contribution in [3.05, 3.63) is 71.9 Å². The predicted molar refractivity (Wildman–Crippen MR) is 108 cm³/mol. The molecule has 6 heteroatoms. The number of aromatic nitrogens is 2. The molecular weight excluding hydrogens is 352 g/mol. The van der Waals surface area contributed by atoms with Crippen LogP contribution in [0.3, 0.4) is 0 Å². The van der Waals surface area contributed by atoms with E-state index in [0.29, 0.717) is 30.9 Å². The van der Waals surface area contributed by atoms with Crippen LogP contribution in [-0.2, 0) is 6.54 Å². The van der Waals surface area contributed by atoms with Crippen molar-refractivity contribution in [1.29, 1.82) is 0 Å². The van der Waals surface area contributed by atoms with E-state index in [2.05, 4.69) is 0 Å². The van der Waals surface area contributed by atoms with E-state index in [9.17, 15) is 4.79 Å². The third-order valence-corrected chi connectivity index (χ3v) is 5.03. The molecule has 1 saturated heterocycles. The van der Waals surface area contributed by atoms with Crippen LogP contribution in [0.15, 0.2) is 60.8 Å². The summed E-state index contributed by atoms with van der Waals surface area (Å²) in [6.07, 6.45) is 2.67. The molecule has 1 aliphatic heterocycles. The average molecular weight is 376 g/mol. The van der Waals surface area contributed by atoms with Gasteiger partial charge < -0.3 is 15.4 Å². The average Bonchev–Trinajstić information content (AvgIpc) is 3.35. The van der Waals surface area contributed by atoms with E-state index in [1.165, 1.54) is 0 Å². The van der Waals surface area contributed by atoms with E-state index in [4.69, 9.17) is 15.6 Å². The molecule has 28 heavy (non-hydrogen) atoms. The van der Waals surface area contributed by atoms with Crippen molar-refractivity contribution in [1.82, 2.24) is 14.7 Å². The number of likely N-dealkylation sites (tertiary alicyclic amines) is 1. The smallest absolute Gasteiger partial charge is 0.257 e. The summed E-state index contributed by atoms with van der Waals surface area (Å²) >= 11 is 0. The summed E-state index contributed by atoms with van der Waals surface area (Å²) in [5.41, 5.74) is 9.26. The zero-order valence-electron chi connectivity index (χ0n) is 15.9. The van der Waals surface area contributed by atoms with Gasteiger partial charge in [0.25, 0.3) is 5.91 Å². The first kappa shape index (κ1) is 18.3. The largest absolute Gasteiger partial charge is 0.497 e. The standard InChI is InChI=1S/C22H24N4O2/c1-28-19-9-5-8-17(12-19)21-20(22(27)25-11-10-18(23)14-25)15-26(24-21)13-16-6-3-2-4-7-16/h2-9,12,15,18H,10-11,13-14,23H2,1H3/t18-/m1/s1. The number of nitrogens with two attached hydrogens (primary N) is 1. The summed E-state index contributed by atoms with van der Waals surface area (Å²) in [6, 6.07) is 17.8. The Labute approximate surface area is 164 Å². The van der Waals surface area contributed by atoms with E-state index in [1.54, 1.807) is 7.11 Å². The summed E-state index contributed by atoms with van der Waals surface area (Å²) in [6.45, 7) is 1.87. The zero-order valence-corrected chi connectivity index (χ0v) is 15.9. The second-order valence-corrected chi connectivity index (χ2v) is 7.11. The van der Waals surface area contributed by atoms with Crippen LogP contribution >= 0.6 is 0 Å². The second kappa shape index (κ2) is 7.86. The van der Waals surface area contributed by atoms with E-state index in [0.717, 1.165) is 23.3 Å². The topological polar surface area (TPSA) is 73.4 Å². The highest BCUT2D eigenvalue weighted by molar-refractivity contribution is 6.00. The molecule has 0 bridgehead atoms. The van der Waals surface area contributed by atoms with Crippen LogP contribution in [0.1, 0.15) is 22.3 Å². The van der Waals surface area contributed by atoms with Gasteiger partial charge in [0.15, 0.2) is 0 Å². The molecule has 2 aromatic carbocycles. The number of hydrogen-bond donors (Lipinski definition) is 1. The maximum Gasteiger partial charge on any atom is 0.257 e. The number of hydrogen-bond acceptors (Lipinski definition) is 4. The third-order valence-electron chi connectivity index (χ3n) is 5.03. The molecule has 1 amide bonds. The molecule has 0 saturated carbocycles. The van der Waals surface area contributed by atoms with Crippen LogP contribution < -0.4 is 10.5 Å². The van der Waals surface area contributed by atoms with Crippen molar-refractivity contribution in [2.75, 3.05) is 20.2 Å². The highest BCUT2D eigenvalue weighted by Crippen LogP contribution is 2.27. The molecule has 1 atom stereocenters. The van der Waals surface area contributed by atoms with E-state index >= 15 is 0 Å². The molecule has 0 radical (unpaired) electrons. The summed E-state index contributed by atoms with van der Waals surface area (Å²) < 4.78 is 7.17. The van der Waals surface area contributed by atoms with E-state index in [1.807, 2.05) is 70.4 Å². The molecule has 1 aromatic heterocycles. The lowest BCUT2D eigenvalue weighted by Gasteiger charge is -2.15. The van der Waals surface area contributed by atoms with Gasteiger partial charge in [-0.2, -0.15) is 5.10 Å². The van der Waals surface area contributed by atoms with Crippen LogP contribution in [0.25, 0.3) is 11.3 Å². The number of carbonyl (C=O) groups excluding carboxylic acids is 1. The summed E-state index contributed by atoms with van der Waals surface area (Å²) in [5.74, 6) is 0.710. The first-order valence-corrected chi connectivity index (χ1v) is 9.44. The van der Waals surface area contributed by atoms with Gasteiger partial charge in [0.05, 0.1) is 19.2 Å². The Hall–Kier alpha value is -3.12. The molecule has 0 unspecified atom stereocenters. The van der Waals surface area contributed by atoms with Crippen molar-refractivity contribution >= 4 is 5.91 Å². The minimum Gasteiger partial charge on any atom is -0.497 e. The van der Waals surface area contributed by atoms with Gasteiger partial charge in [0.2, 0.25) is 0 Å². The van der Waals surface area contributed by atoms with Gasteiger partial charge in [0, 0.05) is 30.9 Å². The van der Waals surface area contributed by atoms with Crippen LogP contribution in [0, 0.1) is 0 Å². The summed E-state index contributed by atoms with van der Waals surface area (Å²) in [4.78, 5) is 15.0. The van der Waals surface area contributed by atoms with Gasteiger partial charge in [-0.3, -0.25) is 9.48 Å². The molecule has 6 nitrogen and oxygen atoms in total. The highest BCUT2D eigenvalue weighted by Gasteiger charge is 2.28. The molecule has 1 fully saturated rings. The Morgan fingerprint density at radius 1 is 1.21 bits per heavy atom. The number of benzene rings is 2. The molecule has 0 aliphatic carbocycles. The zero-order chi connectivity index (χ0) is 19.5. The first-order chi connectivity index (χ1) is 13.6. The van der Waals surface area contributed by atoms with E-state index < -0.39 is 0 Å². The molecule has 2 N–H and O–H groups in total. The van der Waals surface area contributed by atoms with Crippen LogP contribution in [-0.4, -0.2) is 46.8 Å². The number of rotatable bonds is 5. The lowest BCUT2D eigenvalue weighted by Crippen LogP contribution is -2.32. The highest BCUT2D eigenvalue weighted by atomic mass is 16.5. The molecule has 0 spiro atoms. The lowest BCUT2D eigenvalue weighted by atomic mass is 10.1. The normalized spacial score (nSPS) is 16.4. The quantitative estimate of drug-likeness (QED) is 0.743. The summed E-state index contributed by atoms with van der Waals surface area (Å²) in [7, 11) is 1.63. The van der Waals surface area contributed by atoms with Crippen molar-refractivity contribution in [3.63, 3.8) is 0 Å². The molecule has 4 rings (SSSR count). The van der Waals surface area contributed by atoms with Gasteiger partial charge in [-0.15, -0.1) is 0 Å². The monoisotopic (exact) mass is 376 g/mol. The van der Waals surface area contributed by atoms with Gasteiger partial charge in [-0.25, -0.2) is 0 Å². The van der Waals surface area contributed by atoms with Crippen LogP contribution in [0.2, 0.25) is 0 Å². The van der Waals surface area contributed by atoms with Crippen LogP contribution in [0.5, 0.6) is 5.75 Å². The lowest BCUT2D eigenvalue weighted by molar-refractivity contribution is 0.0791. The fourth-order valence-corrected chi connectivity index (χ4v) is 3.56. The summed E-state index contributed by atoms with van der Waals surface area (Å²) in [5, 5.41) is 4.75. The SMILES string of the molecule is COc1cccc(-c2nn(Cc3ccccc3)cc2C(=O)N2CC[C@@H](N)C2)c1. The molecule has 3 aromatic rings. The predicted octanol–water partition coefficient (Wildman–Crippen LogP) is 2.78. The number of nitrogens with zero attached hydrogens (tertiary/aromatic N) is 3. The minimum absolute atomic E-state index is 0.0231. The fourth-order valence-electron chi connectivity index (χ4n) is 3.56. The van der Waals surface area contributed by atoms with Crippen molar-refractivity contribution in [3.8, 4) is 17.0 Å². The Balaban J connectivity index is 1.72. The van der Waals surface area contributed by atoms with E-state index in [-0.39, 0.29) is 11.9 Å². The Morgan fingerprint density at radius 3 is 2.75 bits per heavy atom. The number of amides is 1. The molecule has 144 valence electrons. The van der Waals surface area contributed by atoms with Crippen molar-refractivity contribution in [2.24, 2.45) is 5.73 Å².